The van der Waals surface area contributed by atoms with Gasteiger partial charge in [-0.3, -0.25) is 4.79 Å². The molecule has 0 aliphatic carbocycles. The highest BCUT2D eigenvalue weighted by atomic mass is 32.2. The van der Waals surface area contributed by atoms with E-state index in [2.05, 4.69) is 15.5 Å². The second-order valence-electron chi connectivity index (χ2n) is 5.90. The molecular formula is C15H15N3O6S. The predicted octanol–water partition coefficient (Wildman–Crippen LogP) is 0.516. The van der Waals surface area contributed by atoms with Crippen LogP contribution in [-0.4, -0.2) is 42.8 Å². The summed E-state index contributed by atoms with van der Waals surface area (Å²) in [6.07, 6.45) is 0.350. The number of carbonyl (C=O) groups excluding carboxylic acids is 1. The van der Waals surface area contributed by atoms with Crippen LogP contribution in [0.4, 0.5) is 0 Å². The first-order valence-electron chi connectivity index (χ1n) is 7.71. The van der Waals surface area contributed by atoms with E-state index in [0.29, 0.717) is 35.2 Å². The fourth-order valence-corrected chi connectivity index (χ4v) is 4.53. The Morgan fingerprint density at radius 3 is 2.92 bits per heavy atom. The molecule has 3 heterocycles. The molecule has 1 amide bonds. The number of ether oxygens (including phenoxy) is 2. The van der Waals surface area contributed by atoms with Gasteiger partial charge >= 0.3 is 0 Å². The van der Waals surface area contributed by atoms with E-state index in [0.717, 1.165) is 0 Å². The number of rotatable bonds is 4. The summed E-state index contributed by atoms with van der Waals surface area (Å²) in [4.78, 5) is 16.2. The van der Waals surface area contributed by atoms with Crippen LogP contribution < -0.4 is 14.8 Å². The minimum absolute atomic E-state index is 0.0571. The van der Waals surface area contributed by atoms with Crippen LogP contribution >= 0.6 is 0 Å². The molecule has 0 unspecified atom stereocenters. The lowest BCUT2D eigenvalue weighted by atomic mass is 10.1. The standard InChI is InChI=1S/C15H15N3O6S/c19-14(10-3-4-25(20,21)7-10)16-6-13-17-15(24-18-13)9-1-2-11-12(5-9)23-8-22-11/h1-2,5,10H,3-4,6-8H2,(H,16,19)/t10-/m1/s1. The van der Waals surface area contributed by atoms with Gasteiger partial charge in [-0.15, -0.1) is 0 Å². The maximum absolute atomic E-state index is 12.0. The van der Waals surface area contributed by atoms with Gasteiger partial charge in [-0.25, -0.2) is 8.42 Å². The van der Waals surface area contributed by atoms with Gasteiger partial charge in [-0.2, -0.15) is 4.98 Å². The Balaban J connectivity index is 1.39. The van der Waals surface area contributed by atoms with E-state index in [9.17, 15) is 13.2 Å². The smallest absolute Gasteiger partial charge is 0.258 e. The Labute approximate surface area is 143 Å². The lowest BCUT2D eigenvalue weighted by Gasteiger charge is -2.06. The van der Waals surface area contributed by atoms with Crippen molar-refractivity contribution in [2.45, 2.75) is 13.0 Å². The highest BCUT2D eigenvalue weighted by Crippen LogP contribution is 2.35. The van der Waals surface area contributed by atoms with Crippen molar-refractivity contribution in [2.75, 3.05) is 18.3 Å². The van der Waals surface area contributed by atoms with Gasteiger partial charge in [0.15, 0.2) is 27.2 Å². The summed E-state index contributed by atoms with van der Waals surface area (Å²) >= 11 is 0. The van der Waals surface area contributed by atoms with Crippen LogP contribution in [0.3, 0.4) is 0 Å². The topological polar surface area (TPSA) is 121 Å². The Morgan fingerprint density at radius 2 is 2.12 bits per heavy atom. The molecule has 0 bridgehead atoms. The van der Waals surface area contributed by atoms with Gasteiger partial charge in [0.2, 0.25) is 12.7 Å². The number of fused-ring (bicyclic) bond motifs is 1. The molecule has 1 fully saturated rings. The van der Waals surface area contributed by atoms with Gasteiger partial charge in [0.1, 0.15) is 0 Å². The molecule has 0 radical (unpaired) electrons. The number of carbonyl (C=O) groups is 1. The zero-order chi connectivity index (χ0) is 17.4. The van der Waals surface area contributed by atoms with Crippen LogP contribution in [0.5, 0.6) is 11.5 Å². The van der Waals surface area contributed by atoms with Crippen molar-refractivity contribution < 1.29 is 27.2 Å². The lowest BCUT2D eigenvalue weighted by Crippen LogP contribution is -2.31. The minimum atomic E-state index is -3.09. The number of amides is 1. The third-order valence-electron chi connectivity index (χ3n) is 4.11. The van der Waals surface area contributed by atoms with Crippen LogP contribution in [0.1, 0.15) is 12.2 Å². The fourth-order valence-electron chi connectivity index (χ4n) is 2.78. The fraction of sp³-hybridized carbons (Fsp3) is 0.400. The zero-order valence-electron chi connectivity index (χ0n) is 13.1. The Hall–Kier alpha value is -2.62. The summed E-state index contributed by atoms with van der Waals surface area (Å²) in [5.74, 6) is 0.999. The first-order chi connectivity index (χ1) is 12.0. The number of sulfone groups is 1. The van der Waals surface area contributed by atoms with E-state index in [1.54, 1.807) is 18.2 Å². The molecule has 1 aromatic carbocycles. The van der Waals surface area contributed by atoms with Crippen LogP contribution in [-0.2, 0) is 21.2 Å². The highest BCUT2D eigenvalue weighted by molar-refractivity contribution is 7.91. The van der Waals surface area contributed by atoms with Gasteiger partial charge in [0.05, 0.1) is 24.0 Å². The van der Waals surface area contributed by atoms with E-state index < -0.39 is 15.8 Å². The van der Waals surface area contributed by atoms with Gasteiger partial charge in [-0.1, -0.05) is 5.16 Å². The average Bonchev–Trinajstić information content (AvgIpc) is 3.30. The summed E-state index contributed by atoms with van der Waals surface area (Å²) < 4.78 is 38.6. The molecule has 10 heteroatoms. The molecule has 0 spiro atoms. The second-order valence-corrected chi connectivity index (χ2v) is 8.13. The van der Waals surface area contributed by atoms with E-state index in [4.69, 9.17) is 14.0 Å². The molecule has 1 N–H and O–H groups in total. The number of aromatic nitrogens is 2. The minimum Gasteiger partial charge on any atom is -0.454 e. The largest absolute Gasteiger partial charge is 0.454 e. The number of benzene rings is 1. The first kappa shape index (κ1) is 15.9. The third kappa shape index (κ3) is 3.29. The number of hydrogen-bond donors (Lipinski definition) is 1. The maximum Gasteiger partial charge on any atom is 0.258 e. The molecule has 9 nitrogen and oxygen atoms in total. The molecule has 0 saturated carbocycles. The molecule has 1 saturated heterocycles. The van der Waals surface area contributed by atoms with Crippen molar-refractivity contribution >= 4 is 15.7 Å². The van der Waals surface area contributed by atoms with Crippen LogP contribution in [0.2, 0.25) is 0 Å². The summed E-state index contributed by atoms with van der Waals surface area (Å²) in [7, 11) is -3.09. The van der Waals surface area contributed by atoms with Crippen LogP contribution in [0.15, 0.2) is 22.7 Å². The molecule has 2 aliphatic rings. The zero-order valence-corrected chi connectivity index (χ0v) is 13.9. The van der Waals surface area contributed by atoms with Gasteiger partial charge < -0.3 is 19.3 Å². The van der Waals surface area contributed by atoms with E-state index in [1.165, 1.54) is 0 Å². The van der Waals surface area contributed by atoms with Crippen molar-refractivity contribution in [1.82, 2.24) is 15.5 Å². The van der Waals surface area contributed by atoms with Crippen molar-refractivity contribution in [3.05, 3.63) is 24.0 Å². The first-order valence-corrected chi connectivity index (χ1v) is 9.53. The second kappa shape index (κ2) is 6.03. The normalized spacial score (nSPS) is 20.6. The number of nitrogens with zero attached hydrogens (tertiary/aromatic N) is 2. The third-order valence-corrected chi connectivity index (χ3v) is 5.88. The highest BCUT2D eigenvalue weighted by Gasteiger charge is 2.32. The summed E-state index contributed by atoms with van der Waals surface area (Å²) in [6.45, 7) is 0.250. The van der Waals surface area contributed by atoms with Crippen molar-refractivity contribution in [1.29, 1.82) is 0 Å². The predicted molar refractivity (Wildman–Crippen MR) is 84.5 cm³/mol. The monoisotopic (exact) mass is 365 g/mol. The molecule has 4 rings (SSSR count). The van der Waals surface area contributed by atoms with Crippen LogP contribution in [0, 0.1) is 5.92 Å². The van der Waals surface area contributed by atoms with E-state index >= 15 is 0 Å². The molecule has 1 atom stereocenters. The van der Waals surface area contributed by atoms with Gasteiger partial charge in [0, 0.05) is 5.56 Å². The summed E-state index contributed by atoms with van der Waals surface area (Å²) in [6, 6.07) is 5.26. The van der Waals surface area contributed by atoms with E-state index in [-0.39, 0.29) is 30.8 Å². The Morgan fingerprint density at radius 1 is 1.28 bits per heavy atom. The molecule has 2 aromatic rings. The lowest BCUT2D eigenvalue weighted by molar-refractivity contribution is -0.124. The van der Waals surface area contributed by atoms with Crippen molar-refractivity contribution in [3.8, 4) is 23.0 Å². The Bertz CT molecular complexity index is 923. The molecule has 25 heavy (non-hydrogen) atoms. The maximum atomic E-state index is 12.0. The Kier molecular flexibility index (Phi) is 3.83. The molecule has 132 valence electrons. The summed E-state index contributed by atoms with van der Waals surface area (Å²) in [5, 5.41) is 6.47. The van der Waals surface area contributed by atoms with Crippen LogP contribution in [0.25, 0.3) is 11.5 Å². The average molecular weight is 365 g/mol. The number of nitrogens with one attached hydrogen (secondary N) is 1. The van der Waals surface area contributed by atoms with Crippen molar-refractivity contribution in [3.63, 3.8) is 0 Å². The SMILES string of the molecule is O=C(NCc1noc(-c2ccc3c(c2)OCO3)n1)[C@@H]1CCS(=O)(=O)C1. The van der Waals surface area contributed by atoms with Gasteiger partial charge in [-0.05, 0) is 24.6 Å². The quantitative estimate of drug-likeness (QED) is 0.832. The van der Waals surface area contributed by atoms with Gasteiger partial charge in [0.25, 0.3) is 5.89 Å². The molecule has 2 aliphatic heterocycles. The summed E-state index contributed by atoms with van der Waals surface area (Å²) in [5.41, 5.74) is 0.677. The van der Waals surface area contributed by atoms with Crippen molar-refractivity contribution in [2.24, 2.45) is 5.92 Å². The number of hydrogen-bond acceptors (Lipinski definition) is 8. The molecular weight excluding hydrogens is 350 g/mol. The van der Waals surface area contributed by atoms with E-state index in [1.807, 2.05) is 0 Å². The molecule has 1 aromatic heterocycles.